The van der Waals surface area contributed by atoms with Crippen LogP contribution in [-0.4, -0.2) is 0 Å². The second kappa shape index (κ2) is 13.1. The maximum Gasteiger partial charge on any atom is -0.0262 e. The quantitative estimate of drug-likeness (QED) is 0.454. The van der Waals surface area contributed by atoms with E-state index in [1.54, 1.807) is 12.2 Å². The molecule has 0 amide bonds. The van der Waals surface area contributed by atoms with Crippen molar-refractivity contribution in [1.82, 2.24) is 0 Å². The van der Waals surface area contributed by atoms with Crippen LogP contribution in [0, 0.1) is 0 Å². The molecular weight excluding hydrogens is 240 g/mol. The molecule has 0 aromatic carbocycles. The van der Waals surface area contributed by atoms with Gasteiger partial charge in [0.2, 0.25) is 0 Å². The first-order valence-electron chi connectivity index (χ1n) is 6.55. The maximum atomic E-state index is 3.92. The lowest BCUT2D eigenvalue weighted by Crippen LogP contribution is -1.81. The standard InChI is InChI=1S/C18H20.C2H6/c1-7-9-11-15(3)17(5)13-14-18(6)16(4)12-10-8-2;1-2/h7-14H,1-6H2;1-2H3/b11-9-,12-10-,14-13-;. The fourth-order valence-electron chi connectivity index (χ4n) is 0.998. The Bertz CT molecular complexity index is 418. The van der Waals surface area contributed by atoms with Gasteiger partial charge in [-0.15, -0.1) is 0 Å². The van der Waals surface area contributed by atoms with Gasteiger partial charge in [0, 0.05) is 0 Å². The van der Waals surface area contributed by atoms with Gasteiger partial charge in [0.05, 0.1) is 0 Å². The van der Waals surface area contributed by atoms with Gasteiger partial charge in [0.25, 0.3) is 0 Å². The molecule has 0 aromatic rings. The third-order valence-electron chi connectivity index (χ3n) is 2.18. The zero-order chi connectivity index (χ0) is 16.0. The van der Waals surface area contributed by atoms with Gasteiger partial charge >= 0.3 is 0 Å². The Kier molecular flexibility index (Phi) is 13.1. The first-order valence-corrected chi connectivity index (χ1v) is 6.55. The van der Waals surface area contributed by atoms with Crippen molar-refractivity contribution in [2.45, 2.75) is 13.8 Å². The lowest BCUT2D eigenvalue weighted by Gasteiger charge is -2.01. The van der Waals surface area contributed by atoms with E-state index in [1.165, 1.54) is 0 Å². The molecule has 0 rings (SSSR count). The summed E-state index contributed by atoms with van der Waals surface area (Å²) in [5.74, 6) is 0. The number of allylic oxidation sites excluding steroid dienone is 12. The van der Waals surface area contributed by atoms with Crippen molar-refractivity contribution >= 4 is 0 Å². The minimum atomic E-state index is 0.828. The first kappa shape index (κ1) is 20.0. The maximum absolute atomic E-state index is 3.92. The molecule has 0 fully saturated rings. The molecule has 0 bridgehead atoms. The van der Waals surface area contributed by atoms with Gasteiger partial charge < -0.3 is 0 Å². The Morgan fingerprint density at radius 1 is 0.550 bits per heavy atom. The van der Waals surface area contributed by atoms with Gasteiger partial charge in [0.1, 0.15) is 0 Å². The highest BCUT2D eigenvalue weighted by molar-refractivity contribution is 5.49. The Balaban J connectivity index is 0. The van der Waals surface area contributed by atoms with Gasteiger partial charge in [-0.05, 0) is 22.3 Å². The molecule has 0 unspecified atom stereocenters. The Labute approximate surface area is 124 Å². The van der Waals surface area contributed by atoms with Gasteiger partial charge in [-0.1, -0.05) is 102 Å². The summed E-state index contributed by atoms with van der Waals surface area (Å²) in [7, 11) is 0. The van der Waals surface area contributed by atoms with Crippen molar-refractivity contribution in [2.75, 3.05) is 0 Å². The summed E-state index contributed by atoms with van der Waals surface area (Å²) >= 11 is 0. The fraction of sp³-hybridized carbons (Fsp3) is 0.100. The van der Waals surface area contributed by atoms with Crippen LogP contribution < -0.4 is 0 Å². The molecule has 0 nitrogen and oxygen atoms in total. The fourth-order valence-corrected chi connectivity index (χ4v) is 0.998. The highest BCUT2D eigenvalue weighted by Crippen LogP contribution is 2.13. The van der Waals surface area contributed by atoms with Crippen LogP contribution in [0.15, 0.2) is 110 Å². The summed E-state index contributed by atoms with van der Waals surface area (Å²) in [4.78, 5) is 0. The molecule has 0 aliphatic heterocycles. The van der Waals surface area contributed by atoms with Crippen molar-refractivity contribution in [3.05, 3.63) is 110 Å². The Morgan fingerprint density at radius 3 is 1.05 bits per heavy atom. The van der Waals surface area contributed by atoms with Crippen LogP contribution in [0.25, 0.3) is 0 Å². The van der Waals surface area contributed by atoms with Gasteiger partial charge in [0.15, 0.2) is 0 Å². The molecule has 0 aromatic heterocycles. The van der Waals surface area contributed by atoms with Crippen molar-refractivity contribution in [3.63, 3.8) is 0 Å². The molecular formula is C20H26. The molecule has 20 heavy (non-hydrogen) atoms. The zero-order valence-corrected chi connectivity index (χ0v) is 12.9. The van der Waals surface area contributed by atoms with E-state index >= 15 is 0 Å². The molecule has 0 radical (unpaired) electrons. The van der Waals surface area contributed by atoms with Crippen molar-refractivity contribution in [2.24, 2.45) is 0 Å². The Hall–Kier alpha value is -2.34. The van der Waals surface area contributed by atoms with E-state index in [9.17, 15) is 0 Å². The lowest BCUT2D eigenvalue weighted by molar-refractivity contribution is 1.50. The van der Waals surface area contributed by atoms with E-state index in [4.69, 9.17) is 0 Å². The monoisotopic (exact) mass is 266 g/mol. The van der Waals surface area contributed by atoms with Crippen LogP contribution in [0.4, 0.5) is 0 Å². The Morgan fingerprint density at radius 2 is 0.800 bits per heavy atom. The number of hydrogen-bond donors (Lipinski definition) is 0. The lowest BCUT2D eigenvalue weighted by atomic mass is 10.0. The normalized spacial score (nSPS) is 10.1. The second-order valence-corrected chi connectivity index (χ2v) is 3.62. The summed E-state index contributed by atoms with van der Waals surface area (Å²) in [6.45, 7) is 26.8. The topological polar surface area (TPSA) is 0 Å². The smallest absolute Gasteiger partial charge is 0.0262 e. The van der Waals surface area contributed by atoms with Crippen LogP contribution in [-0.2, 0) is 0 Å². The van der Waals surface area contributed by atoms with E-state index in [1.807, 2.05) is 50.3 Å². The van der Waals surface area contributed by atoms with E-state index in [-0.39, 0.29) is 0 Å². The summed E-state index contributed by atoms with van der Waals surface area (Å²) in [6.07, 6.45) is 14.5. The van der Waals surface area contributed by atoms with Crippen LogP contribution in [0.3, 0.4) is 0 Å². The van der Waals surface area contributed by atoms with Crippen molar-refractivity contribution in [3.8, 4) is 0 Å². The molecule has 0 aliphatic carbocycles. The van der Waals surface area contributed by atoms with Gasteiger partial charge in [-0.2, -0.15) is 0 Å². The second-order valence-electron chi connectivity index (χ2n) is 3.62. The highest BCUT2D eigenvalue weighted by atomic mass is 14.0. The van der Waals surface area contributed by atoms with Crippen LogP contribution in [0.2, 0.25) is 0 Å². The molecule has 0 saturated heterocycles. The average Bonchev–Trinajstić information content (AvgIpc) is 2.49. The largest absolute Gasteiger partial charge is 0.0991 e. The summed E-state index contributed by atoms with van der Waals surface area (Å²) in [5.41, 5.74) is 3.34. The molecule has 0 N–H and O–H groups in total. The summed E-state index contributed by atoms with van der Waals surface area (Å²) in [6, 6.07) is 0. The first-order chi connectivity index (χ1) is 9.52. The molecule has 0 saturated carbocycles. The number of rotatable bonds is 8. The molecule has 0 atom stereocenters. The van der Waals surface area contributed by atoms with E-state index in [0.29, 0.717) is 0 Å². The predicted octanol–water partition coefficient (Wildman–Crippen LogP) is 6.28. The van der Waals surface area contributed by atoms with E-state index < -0.39 is 0 Å². The number of hydrogen-bond acceptors (Lipinski definition) is 0. The van der Waals surface area contributed by atoms with Crippen LogP contribution in [0.1, 0.15) is 13.8 Å². The van der Waals surface area contributed by atoms with Crippen LogP contribution >= 0.6 is 0 Å². The average molecular weight is 266 g/mol. The van der Waals surface area contributed by atoms with E-state index in [0.717, 1.165) is 22.3 Å². The molecule has 106 valence electrons. The van der Waals surface area contributed by atoms with Gasteiger partial charge in [-0.3, -0.25) is 0 Å². The van der Waals surface area contributed by atoms with Crippen molar-refractivity contribution < 1.29 is 0 Å². The predicted molar refractivity (Wildman–Crippen MR) is 95.7 cm³/mol. The van der Waals surface area contributed by atoms with Gasteiger partial charge in [-0.25, -0.2) is 0 Å². The summed E-state index contributed by atoms with van der Waals surface area (Å²) < 4.78 is 0. The molecule has 0 heterocycles. The third-order valence-corrected chi connectivity index (χ3v) is 2.18. The minimum Gasteiger partial charge on any atom is -0.0991 e. The van der Waals surface area contributed by atoms with E-state index in [2.05, 4.69) is 39.5 Å². The SMILES string of the molecule is C=C/C=C\C(=C)C(=C)/C=C\C(=C)C(=C)/C=C\C=C.CC. The molecule has 0 spiro atoms. The van der Waals surface area contributed by atoms with Crippen LogP contribution in [0.5, 0.6) is 0 Å². The molecule has 0 aliphatic rings. The van der Waals surface area contributed by atoms with Crippen molar-refractivity contribution in [1.29, 1.82) is 0 Å². The third kappa shape index (κ3) is 9.67. The summed E-state index contributed by atoms with van der Waals surface area (Å²) in [5, 5.41) is 0. The zero-order valence-electron chi connectivity index (χ0n) is 12.9. The highest BCUT2D eigenvalue weighted by Gasteiger charge is 1.94. The minimum absolute atomic E-state index is 0.828. The molecule has 0 heteroatoms.